The fourth-order valence-electron chi connectivity index (χ4n) is 9.39. The van der Waals surface area contributed by atoms with Gasteiger partial charge in [0.05, 0.1) is 0 Å². The molecule has 0 rings (SSSR count). The predicted molar refractivity (Wildman–Crippen MR) is 307 cm³/mol. The molecule has 1 atom stereocenters. The molecule has 0 aromatic heterocycles. The van der Waals surface area contributed by atoms with Gasteiger partial charge in [-0.25, -0.2) is 0 Å². The summed E-state index contributed by atoms with van der Waals surface area (Å²) in [5.41, 5.74) is 0. The van der Waals surface area contributed by atoms with Crippen molar-refractivity contribution in [3.8, 4) is 0 Å². The molecule has 71 heavy (non-hydrogen) atoms. The number of allylic oxidation sites excluding steroid dienone is 6. The number of carbonyl (C=O) groups excluding carboxylic acids is 3. The van der Waals surface area contributed by atoms with Gasteiger partial charge in [0.15, 0.2) is 6.10 Å². The fraction of sp³-hybridized carbons (Fsp3) is 0.862. The van der Waals surface area contributed by atoms with Crippen molar-refractivity contribution >= 4 is 17.9 Å². The number of esters is 3. The standard InChI is InChI=1S/C65H120O6/c1-4-7-10-13-16-18-20-22-24-25-26-27-28-29-30-31-32-33-34-35-36-37-38-39-40-41-42-44-45-47-49-52-55-58-64(67)70-61-62(60-69-63(66)57-54-51-15-12-9-6-3)71-65(68)59-56-53-50-48-46-43-23-21-19-17-14-11-8-5-2/h20,22,25-26,28-29,62H,4-19,21,23-24,27,30-61H2,1-3H3/b22-20-,26-25-,29-28-. The van der Waals surface area contributed by atoms with E-state index < -0.39 is 6.10 Å². The molecule has 416 valence electrons. The molecule has 0 fully saturated rings. The highest BCUT2D eigenvalue weighted by Crippen LogP contribution is 2.17. The first-order valence-electron chi connectivity index (χ1n) is 31.5. The first-order valence-corrected chi connectivity index (χ1v) is 31.5. The third-order valence-electron chi connectivity index (χ3n) is 14.1. The summed E-state index contributed by atoms with van der Waals surface area (Å²) in [6.07, 6.45) is 73.4. The molecule has 1 unspecified atom stereocenters. The lowest BCUT2D eigenvalue weighted by Gasteiger charge is -2.18. The van der Waals surface area contributed by atoms with Crippen molar-refractivity contribution in [2.24, 2.45) is 0 Å². The highest BCUT2D eigenvalue weighted by atomic mass is 16.6. The molecule has 6 heteroatoms. The summed E-state index contributed by atoms with van der Waals surface area (Å²) in [5, 5.41) is 0. The van der Waals surface area contributed by atoms with Gasteiger partial charge in [-0.1, -0.05) is 301 Å². The zero-order valence-electron chi connectivity index (χ0n) is 47.8. The highest BCUT2D eigenvalue weighted by molar-refractivity contribution is 5.71. The summed E-state index contributed by atoms with van der Waals surface area (Å²) >= 11 is 0. The lowest BCUT2D eigenvalue weighted by Crippen LogP contribution is -2.30. The molecule has 0 aliphatic rings. The van der Waals surface area contributed by atoms with E-state index in [0.29, 0.717) is 19.3 Å². The lowest BCUT2D eigenvalue weighted by molar-refractivity contribution is -0.167. The summed E-state index contributed by atoms with van der Waals surface area (Å²) < 4.78 is 16.8. The van der Waals surface area contributed by atoms with Crippen molar-refractivity contribution in [1.82, 2.24) is 0 Å². The molecule has 0 aliphatic heterocycles. The minimum atomic E-state index is -0.763. The van der Waals surface area contributed by atoms with Crippen molar-refractivity contribution in [3.63, 3.8) is 0 Å². The van der Waals surface area contributed by atoms with Crippen molar-refractivity contribution < 1.29 is 28.6 Å². The Balaban J connectivity index is 3.92. The maximum Gasteiger partial charge on any atom is 0.306 e. The van der Waals surface area contributed by atoms with Crippen LogP contribution in [0.2, 0.25) is 0 Å². The maximum absolute atomic E-state index is 12.8. The molecule has 0 N–H and O–H groups in total. The minimum absolute atomic E-state index is 0.0663. The Labute approximate surface area is 442 Å². The number of carbonyl (C=O) groups is 3. The Hall–Kier alpha value is -2.37. The van der Waals surface area contributed by atoms with Crippen LogP contribution in [0.4, 0.5) is 0 Å². The summed E-state index contributed by atoms with van der Waals surface area (Å²) in [7, 11) is 0. The molecular weight excluding hydrogens is 877 g/mol. The van der Waals surface area contributed by atoms with Gasteiger partial charge in [-0.15, -0.1) is 0 Å². The van der Waals surface area contributed by atoms with E-state index in [1.54, 1.807) is 0 Å². The molecule has 0 amide bonds. The molecule has 0 saturated heterocycles. The molecule has 0 spiro atoms. The molecule has 0 radical (unpaired) electrons. The van der Waals surface area contributed by atoms with E-state index in [2.05, 4.69) is 57.2 Å². The van der Waals surface area contributed by atoms with Gasteiger partial charge in [-0.3, -0.25) is 14.4 Å². The van der Waals surface area contributed by atoms with Gasteiger partial charge < -0.3 is 14.2 Å². The zero-order chi connectivity index (χ0) is 51.4. The Morgan fingerprint density at radius 1 is 0.282 bits per heavy atom. The lowest BCUT2D eigenvalue weighted by atomic mass is 10.0. The van der Waals surface area contributed by atoms with Gasteiger partial charge >= 0.3 is 17.9 Å². The van der Waals surface area contributed by atoms with Crippen molar-refractivity contribution in [1.29, 1.82) is 0 Å². The smallest absolute Gasteiger partial charge is 0.306 e. The number of rotatable bonds is 58. The molecule has 0 aromatic rings. The van der Waals surface area contributed by atoms with Crippen LogP contribution in [0.15, 0.2) is 36.5 Å². The molecular formula is C65H120O6. The monoisotopic (exact) mass is 997 g/mol. The van der Waals surface area contributed by atoms with E-state index in [-0.39, 0.29) is 31.1 Å². The van der Waals surface area contributed by atoms with Crippen LogP contribution < -0.4 is 0 Å². The number of ether oxygens (including phenoxy) is 3. The second-order valence-electron chi connectivity index (χ2n) is 21.3. The van der Waals surface area contributed by atoms with Crippen LogP contribution in [0.1, 0.15) is 342 Å². The van der Waals surface area contributed by atoms with Crippen LogP contribution in [0.3, 0.4) is 0 Å². The average molecular weight is 998 g/mol. The highest BCUT2D eigenvalue weighted by Gasteiger charge is 2.19. The van der Waals surface area contributed by atoms with Crippen LogP contribution in [-0.4, -0.2) is 37.2 Å². The number of hydrogen-bond acceptors (Lipinski definition) is 6. The van der Waals surface area contributed by atoms with Crippen molar-refractivity contribution in [2.45, 2.75) is 348 Å². The molecule has 6 nitrogen and oxygen atoms in total. The summed E-state index contributed by atoms with van der Waals surface area (Å²) in [4.78, 5) is 37.9. The Bertz CT molecular complexity index is 1190. The molecule has 0 aromatic carbocycles. The Kier molecular flexibility index (Phi) is 58.2. The maximum atomic E-state index is 12.8. The molecule has 0 bridgehead atoms. The number of hydrogen-bond donors (Lipinski definition) is 0. The van der Waals surface area contributed by atoms with E-state index in [9.17, 15) is 14.4 Å². The van der Waals surface area contributed by atoms with E-state index in [1.165, 1.54) is 231 Å². The summed E-state index contributed by atoms with van der Waals surface area (Å²) in [6, 6.07) is 0. The topological polar surface area (TPSA) is 78.9 Å². The predicted octanol–water partition coefficient (Wildman–Crippen LogP) is 21.2. The van der Waals surface area contributed by atoms with Crippen molar-refractivity contribution in [3.05, 3.63) is 36.5 Å². The van der Waals surface area contributed by atoms with Crippen LogP contribution in [0, 0.1) is 0 Å². The van der Waals surface area contributed by atoms with Crippen LogP contribution in [0.25, 0.3) is 0 Å². The average Bonchev–Trinajstić information content (AvgIpc) is 3.37. The first kappa shape index (κ1) is 68.6. The van der Waals surface area contributed by atoms with Gasteiger partial charge in [-0.05, 0) is 57.8 Å². The van der Waals surface area contributed by atoms with Crippen LogP contribution >= 0.6 is 0 Å². The quantitative estimate of drug-likeness (QED) is 0.0261. The summed E-state index contributed by atoms with van der Waals surface area (Å²) in [6.45, 7) is 6.61. The first-order chi connectivity index (χ1) is 35.0. The third-order valence-corrected chi connectivity index (χ3v) is 14.1. The van der Waals surface area contributed by atoms with Crippen LogP contribution in [0.5, 0.6) is 0 Å². The fourth-order valence-corrected chi connectivity index (χ4v) is 9.39. The third kappa shape index (κ3) is 58.4. The Morgan fingerprint density at radius 3 is 0.789 bits per heavy atom. The van der Waals surface area contributed by atoms with E-state index >= 15 is 0 Å². The molecule has 0 saturated carbocycles. The minimum Gasteiger partial charge on any atom is -0.462 e. The van der Waals surface area contributed by atoms with E-state index in [0.717, 1.165) is 70.6 Å². The largest absolute Gasteiger partial charge is 0.462 e. The van der Waals surface area contributed by atoms with Gasteiger partial charge in [-0.2, -0.15) is 0 Å². The molecule has 0 aliphatic carbocycles. The second kappa shape index (κ2) is 60.2. The van der Waals surface area contributed by atoms with Crippen LogP contribution in [-0.2, 0) is 28.6 Å². The second-order valence-corrected chi connectivity index (χ2v) is 21.3. The Morgan fingerprint density at radius 2 is 0.507 bits per heavy atom. The zero-order valence-corrected chi connectivity index (χ0v) is 47.8. The van der Waals surface area contributed by atoms with Crippen molar-refractivity contribution in [2.75, 3.05) is 13.2 Å². The van der Waals surface area contributed by atoms with Gasteiger partial charge in [0, 0.05) is 19.3 Å². The van der Waals surface area contributed by atoms with E-state index in [1.807, 2.05) is 0 Å². The van der Waals surface area contributed by atoms with Gasteiger partial charge in [0.25, 0.3) is 0 Å². The van der Waals surface area contributed by atoms with Gasteiger partial charge in [0.1, 0.15) is 13.2 Å². The van der Waals surface area contributed by atoms with Gasteiger partial charge in [0.2, 0.25) is 0 Å². The normalized spacial score (nSPS) is 12.2. The number of unbranched alkanes of at least 4 members (excludes halogenated alkanes) is 41. The van der Waals surface area contributed by atoms with E-state index in [4.69, 9.17) is 14.2 Å². The summed E-state index contributed by atoms with van der Waals surface area (Å²) in [5.74, 6) is -0.857. The molecule has 0 heterocycles. The SMILES string of the molecule is CCCCCCC/C=C\C/C=C\C/C=C\CCCCCCCCCCCCCCCCCCCCC(=O)OCC(COC(=O)CCCCCCCC)OC(=O)CCCCCCCCCCCCCCCC.